The normalized spacial score (nSPS) is 14.2. The number of aliphatic carboxylic acids is 1. The largest absolute Gasteiger partial charge is 0.480 e. The lowest BCUT2D eigenvalue weighted by molar-refractivity contribution is -0.147. The number of carbonyl (C=O) groups is 3. The first-order valence-electron chi connectivity index (χ1n) is 25.0. The number of carboxylic acids is 1. The quantitative estimate of drug-likeness (QED) is 0.0200. The Kier molecular flexibility index (Phi) is 44.2. The molecule has 0 fully saturated rings. The van der Waals surface area contributed by atoms with Crippen molar-refractivity contribution < 1.29 is 47.8 Å². The standard InChI is InChI=1S/C52H90NO10P/c1-3-5-7-9-11-13-15-17-19-21-22-23-24-25-26-28-29-31-33-35-37-39-41-43-50(55)53-49(52(57)58)47-63-64(59,60)62-46-48(54)45-61-51(56)44-42-40-38-36-34-32-30-27-20-18-16-14-12-10-8-6-4-2/h5,7,11,13,17,19,22-23,25-26,29,31,48-49,54H,3-4,6,8-10,12,14-16,18,20-21,24,27-28,30,32-47H2,1-2H3,(H,53,55)(H,57,58)(H,59,60)/b7-5-,13-11-,19-17-,23-22-,26-25-,31-29-. The number of unbranched alkanes of at least 4 members (excludes halogenated alkanes) is 20. The van der Waals surface area contributed by atoms with Crippen molar-refractivity contribution in [3.8, 4) is 0 Å². The van der Waals surface area contributed by atoms with E-state index < -0.39 is 57.6 Å². The van der Waals surface area contributed by atoms with Gasteiger partial charge in [0.2, 0.25) is 5.91 Å². The maximum atomic E-state index is 12.4. The number of amides is 1. The number of rotatable bonds is 46. The Labute approximate surface area is 389 Å². The zero-order valence-electron chi connectivity index (χ0n) is 40.1. The molecule has 0 saturated heterocycles. The lowest BCUT2D eigenvalue weighted by Crippen LogP contribution is -2.43. The number of aliphatic hydroxyl groups is 1. The minimum atomic E-state index is -4.77. The summed E-state index contributed by atoms with van der Waals surface area (Å²) in [6, 6.07) is -1.56. The van der Waals surface area contributed by atoms with Crippen molar-refractivity contribution in [1.29, 1.82) is 0 Å². The van der Waals surface area contributed by atoms with Crippen LogP contribution < -0.4 is 5.32 Å². The number of carboxylic acid groups (broad SMARTS) is 1. The minimum absolute atomic E-state index is 0.112. The van der Waals surface area contributed by atoms with Gasteiger partial charge < -0.3 is 25.2 Å². The second-order valence-corrected chi connectivity index (χ2v) is 18.1. The van der Waals surface area contributed by atoms with E-state index >= 15 is 0 Å². The van der Waals surface area contributed by atoms with Crippen LogP contribution in [0.3, 0.4) is 0 Å². The number of allylic oxidation sites excluding steroid dienone is 12. The first-order chi connectivity index (χ1) is 31.1. The summed E-state index contributed by atoms with van der Waals surface area (Å²) in [5, 5.41) is 21.9. The molecule has 0 saturated carbocycles. The van der Waals surface area contributed by atoms with Crippen molar-refractivity contribution in [2.45, 2.75) is 219 Å². The lowest BCUT2D eigenvalue weighted by Gasteiger charge is -2.18. The third-order valence-corrected chi connectivity index (χ3v) is 11.5. The summed E-state index contributed by atoms with van der Waals surface area (Å²) in [7, 11) is -4.77. The molecule has 0 aliphatic rings. The smallest absolute Gasteiger partial charge is 0.472 e. The van der Waals surface area contributed by atoms with E-state index in [0.29, 0.717) is 12.8 Å². The molecule has 11 nitrogen and oxygen atoms in total. The lowest BCUT2D eigenvalue weighted by atomic mass is 10.0. The van der Waals surface area contributed by atoms with Crippen LogP contribution in [0.1, 0.15) is 206 Å². The van der Waals surface area contributed by atoms with Crippen LogP contribution in [0.15, 0.2) is 72.9 Å². The molecule has 0 aromatic carbocycles. The second kappa shape index (κ2) is 46.4. The molecule has 0 heterocycles. The molecule has 64 heavy (non-hydrogen) atoms. The highest BCUT2D eigenvalue weighted by Crippen LogP contribution is 2.43. The van der Waals surface area contributed by atoms with Gasteiger partial charge in [-0.1, -0.05) is 202 Å². The van der Waals surface area contributed by atoms with E-state index in [2.05, 4.69) is 92.1 Å². The molecular weight excluding hydrogens is 830 g/mol. The van der Waals surface area contributed by atoms with Crippen LogP contribution in [0.5, 0.6) is 0 Å². The molecule has 3 unspecified atom stereocenters. The van der Waals surface area contributed by atoms with E-state index in [-0.39, 0.29) is 12.8 Å². The van der Waals surface area contributed by atoms with Crippen LogP contribution in [0.4, 0.5) is 0 Å². The van der Waals surface area contributed by atoms with E-state index in [0.717, 1.165) is 83.5 Å². The fourth-order valence-electron chi connectivity index (χ4n) is 6.67. The molecule has 0 aromatic rings. The van der Waals surface area contributed by atoms with Gasteiger partial charge in [-0.3, -0.25) is 18.6 Å². The Morgan fingerprint density at radius 2 is 0.906 bits per heavy atom. The van der Waals surface area contributed by atoms with E-state index in [1.807, 2.05) is 0 Å². The molecule has 0 aromatic heterocycles. The van der Waals surface area contributed by atoms with Gasteiger partial charge in [-0.15, -0.1) is 0 Å². The van der Waals surface area contributed by atoms with Gasteiger partial charge in [0, 0.05) is 12.8 Å². The van der Waals surface area contributed by atoms with E-state index in [1.54, 1.807) is 0 Å². The number of aliphatic hydroxyl groups excluding tert-OH is 1. The van der Waals surface area contributed by atoms with E-state index in [1.165, 1.54) is 83.5 Å². The molecule has 0 aliphatic carbocycles. The van der Waals surface area contributed by atoms with Crippen molar-refractivity contribution >= 4 is 25.7 Å². The van der Waals surface area contributed by atoms with Crippen molar-refractivity contribution in [2.75, 3.05) is 19.8 Å². The van der Waals surface area contributed by atoms with Crippen LogP contribution in [0, 0.1) is 0 Å². The summed E-state index contributed by atoms with van der Waals surface area (Å²) in [5.41, 5.74) is 0. The number of hydrogen-bond donors (Lipinski definition) is 4. The van der Waals surface area contributed by atoms with Gasteiger partial charge in [0.1, 0.15) is 12.7 Å². The Morgan fingerprint density at radius 1 is 0.516 bits per heavy atom. The summed E-state index contributed by atoms with van der Waals surface area (Å²) >= 11 is 0. The van der Waals surface area contributed by atoms with Gasteiger partial charge >= 0.3 is 19.8 Å². The van der Waals surface area contributed by atoms with Crippen molar-refractivity contribution in [1.82, 2.24) is 5.32 Å². The average Bonchev–Trinajstić information content (AvgIpc) is 3.27. The highest BCUT2D eigenvalue weighted by Gasteiger charge is 2.28. The maximum absolute atomic E-state index is 12.4. The molecular formula is C52H90NO10P. The zero-order valence-corrected chi connectivity index (χ0v) is 41.0. The number of hydrogen-bond acceptors (Lipinski definition) is 8. The number of ether oxygens (including phenoxy) is 1. The summed E-state index contributed by atoms with van der Waals surface area (Å²) in [6.45, 7) is 2.48. The summed E-state index contributed by atoms with van der Waals surface area (Å²) < 4.78 is 26.9. The highest BCUT2D eigenvalue weighted by atomic mass is 31.2. The topological polar surface area (TPSA) is 169 Å². The van der Waals surface area contributed by atoms with E-state index in [9.17, 15) is 34.1 Å². The molecule has 0 rings (SSSR count). The van der Waals surface area contributed by atoms with Gasteiger partial charge in [0.25, 0.3) is 0 Å². The molecule has 0 aliphatic heterocycles. The predicted octanol–water partition coefficient (Wildman–Crippen LogP) is 13.7. The van der Waals surface area contributed by atoms with Crippen LogP contribution in [0.25, 0.3) is 0 Å². The van der Waals surface area contributed by atoms with Gasteiger partial charge in [0.05, 0.1) is 13.2 Å². The zero-order chi connectivity index (χ0) is 47.0. The Morgan fingerprint density at radius 3 is 1.36 bits per heavy atom. The van der Waals surface area contributed by atoms with Crippen molar-refractivity contribution in [3.05, 3.63) is 72.9 Å². The van der Waals surface area contributed by atoms with Crippen LogP contribution in [-0.2, 0) is 32.7 Å². The molecule has 1 amide bonds. The monoisotopic (exact) mass is 920 g/mol. The predicted molar refractivity (Wildman–Crippen MR) is 263 cm³/mol. The van der Waals surface area contributed by atoms with Gasteiger partial charge in [-0.05, 0) is 64.2 Å². The fourth-order valence-corrected chi connectivity index (χ4v) is 7.44. The Bertz CT molecular complexity index is 1360. The van der Waals surface area contributed by atoms with Crippen molar-refractivity contribution in [2.24, 2.45) is 0 Å². The number of nitrogens with one attached hydrogen (secondary N) is 1. The van der Waals surface area contributed by atoms with Gasteiger partial charge in [-0.2, -0.15) is 0 Å². The molecule has 0 radical (unpaired) electrons. The first-order valence-corrected chi connectivity index (χ1v) is 26.5. The van der Waals surface area contributed by atoms with E-state index in [4.69, 9.17) is 13.8 Å². The highest BCUT2D eigenvalue weighted by molar-refractivity contribution is 7.47. The van der Waals surface area contributed by atoms with Gasteiger partial charge in [-0.25, -0.2) is 9.36 Å². The SMILES string of the molecule is CC/C=C\C/C=C\C/C=C\C/C=C\C/C=C\C/C=C\CCCCCCC(=O)NC(COP(=O)(O)OCC(O)COC(=O)CCCCCCCCCCCCCCCCCCC)C(=O)O. The van der Waals surface area contributed by atoms with Gasteiger partial charge in [0.15, 0.2) is 6.04 Å². The maximum Gasteiger partial charge on any atom is 0.472 e. The number of esters is 1. The van der Waals surface area contributed by atoms with Crippen LogP contribution in [0.2, 0.25) is 0 Å². The second-order valence-electron chi connectivity index (χ2n) is 16.6. The molecule has 368 valence electrons. The fraction of sp³-hybridized carbons (Fsp3) is 0.712. The third-order valence-electron chi connectivity index (χ3n) is 10.5. The van der Waals surface area contributed by atoms with Crippen molar-refractivity contribution in [3.63, 3.8) is 0 Å². The van der Waals surface area contributed by atoms with Crippen LogP contribution >= 0.6 is 7.82 Å². The van der Waals surface area contributed by atoms with Crippen LogP contribution in [-0.4, -0.2) is 64.9 Å². The first kappa shape index (κ1) is 60.9. The summed E-state index contributed by atoms with van der Waals surface area (Å²) in [5.74, 6) is -2.41. The third kappa shape index (κ3) is 45.5. The molecule has 4 N–H and O–H groups in total. The minimum Gasteiger partial charge on any atom is -0.480 e. The summed E-state index contributed by atoms with van der Waals surface area (Å²) in [4.78, 5) is 46.1. The molecule has 12 heteroatoms. The number of phosphoric acid groups is 1. The average molecular weight is 920 g/mol. The molecule has 0 bridgehead atoms. The summed E-state index contributed by atoms with van der Waals surface area (Å²) in [6.07, 6.45) is 56.3. The molecule has 0 spiro atoms. The number of phosphoric ester groups is 1. The Balaban J connectivity index is 3.91. The Hall–Kier alpha value is -3.08. The number of carbonyl (C=O) groups excluding carboxylic acids is 2. The molecule has 3 atom stereocenters.